The topological polar surface area (TPSA) is 75.7 Å². The minimum Gasteiger partial charge on any atom is -0.488 e. The Kier molecular flexibility index (Phi) is 7.87. The predicted molar refractivity (Wildman–Crippen MR) is 140 cm³/mol. The Bertz CT molecular complexity index is 1280. The quantitative estimate of drug-likeness (QED) is 0.314. The van der Waals surface area contributed by atoms with Crippen molar-refractivity contribution in [2.45, 2.75) is 6.61 Å². The first-order chi connectivity index (χ1) is 16.4. The highest BCUT2D eigenvalue weighted by Crippen LogP contribution is 2.35. The summed E-state index contributed by atoms with van der Waals surface area (Å²) < 4.78 is 7.47. The second kappa shape index (κ2) is 11.0. The van der Waals surface area contributed by atoms with E-state index in [4.69, 9.17) is 4.74 Å². The first kappa shape index (κ1) is 24.3. The number of hydrogen-bond acceptors (Lipinski definition) is 5. The van der Waals surface area contributed by atoms with Gasteiger partial charge in [-0.25, -0.2) is 0 Å². The maximum absolute atomic E-state index is 12.9. The van der Waals surface area contributed by atoms with Gasteiger partial charge in [0, 0.05) is 14.5 Å². The Balaban J connectivity index is 1.49. The third-order valence-electron chi connectivity index (χ3n) is 4.82. The Morgan fingerprint density at radius 1 is 1.00 bits per heavy atom. The first-order valence-corrected chi connectivity index (χ1v) is 12.6. The molecule has 1 aliphatic rings. The number of nitrogens with zero attached hydrogens (tertiary/aromatic N) is 1. The minimum absolute atomic E-state index is 0.223. The summed E-state index contributed by atoms with van der Waals surface area (Å²) in [4.78, 5) is 39.0. The summed E-state index contributed by atoms with van der Waals surface area (Å²) in [6.45, 7) is -0.0147. The average molecular weight is 602 g/mol. The van der Waals surface area contributed by atoms with Crippen molar-refractivity contribution >= 4 is 72.4 Å². The second-order valence-electron chi connectivity index (χ2n) is 7.25. The number of amides is 3. The van der Waals surface area contributed by atoms with E-state index in [2.05, 4.69) is 37.2 Å². The van der Waals surface area contributed by atoms with Gasteiger partial charge in [0.15, 0.2) is 0 Å². The van der Waals surface area contributed by atoms with Crippen molar-refractivity contribution in [3.63, 3.8) is 0 Å². The van der Waals surface area contributed by atoms with Crippen molar-refractivity contribution in [2.24, 2.45) is 0 Å². The molecule has 0 unspecified atom stereocenters. The molecular weight excluding hydrogens is 584 g/mol. The monoisotopic (exact) mass is 600 g/mol. The molecule has 9 heteroatoms. The summed E-state index contributed by atoms with van der Waals surface area (Å²) in [5.74, 6) is -0.415. The van der Waals surface area contributed by atoms with Crippen LogP contribution in [-0.4, -0.2) is 28.5 Å². The maximum atomic E-state index is 12.9. The van der Waals surface area contributed by atoms with Gasteiger partial charge in [-0.05, 0) is 69.7 Å². The second-order valence-corrected chi connectivity index (χ2v) is 10.0. The van der Waals surface area contributed by atoms with Crippen LogP contribution >= 0.6 is 43.6 Å². The molecule has 0 radical (unpaired) electrons. The van der Waals surface area contributed by atoms with Gasteiger partial charge >= 0.3 is 0 Å². The number of anilines is 1. The van der Waals surface area contributed by atoms with Gasteiger partial charge in [0.25, 0.3) is 11.1 Å². The highest BCUT2D eigenvalue weighted by atomic mass is 79.9. The van der Waals surface area contributed by atoms with Crippen LogP contribution in [0.25, 0.3) is 6.08 Å². The molecule has 3 aromatic rings. The Morgan fingerprint density at radius 3 is 2.50 bits per heavy atom. The molecule has 1 saturated heterocycles. The summed E-state index contributed by atoms with van der Waals surface area (Å²) in [5.41, 5.74) is 2.21. The fourth-order valence-corrected chi connectivity index (χ4v) is 4.76. The summed E-state index contributed by atoms with van der Waals surface area (Å²) in [7, 11) is 0. The molecule has 1 fully saturated rings. The predicted octanol–water partition coefficient (Wildman–Crippen LogP) is 6.47. The zero-order chi connectivity index (χ0) is 24.1. The van der Waals surface area contributed by atoms with Crippen molar-refractivity contribution in [3.8, 4) is 5.75 Å². The van der Waals surface area contributed by atoms with Crippen molar-refractivity contribution in [1.29, 1.82) is 0 Å². The van der Waals surface area contributed by atoms with E-state index in [1.54, 1.807) is 30.3 Å². The molecule has 0 aliphatic carbocycles. The minimum atomic E-state index is -0.522. The number of imide groups is 1. The number of ether oxygens (including phenoxy) is 1. The van der Waals surface area contributed by atoms with Gasteiger partial charge in [-0.3, -0.25) is 19.3 Å². The summed E-state index contributed by atoms with van der Waals surface area (Å²) >= 11 is 7.59. The molecule has 0 saturated carbocycles. The van der Waals surface area contributed by atoms with Crippen LogP contribution < -0.4 is 10.1 Å². The Labute approximate surface area is 217 Å². The summed E-state index contributed by atoms with van der Waals surface area (Å²) in [6, 6.07) is 22.3. The zero-order valence-electron chi connectivity index (χ0n) is 17.7. The maximum Gasteiger partial charge on any atom is 0.294 e. The summed E-state index contributed by atoms with van der Waals surface area (Å²) in [5, 5.41) is 2.21. The Morgan fingerprint density at radius 2 is 1.74 bits per heavy atom. The van der Waals surface area contributed by atoms with E-state index in [0.29, 0.717) is 28.1 Å². The van der Waals surface area contributed by atoms with Gasteiger partial charge in [0.2, 0.25) is 5.91 Å². The van der Waals surface area contributed by atoms with Crippen LogP contribution in [0.4, 0.5) is 10.5 Å². The molecule has 1 heterocycles. The molecule has 1 N–H and O–H groups in total. The fourth-order valence-electron chi connectivity index (χ4n) is 3.17. The number of thioether (sulfide) groups is 1. The number of benzene rings is 3. The molecule has 6 nitrogen and oxygen atoms in total. The van der Waals surface area contributed by atoms with Crippen LogP contribution in [0.1, 0.15) is 11.1 Å². The highest BCUT2D eigenvalue weighted by molar-refractivity contribution is 9.10. The number of hydrogen-bond donors (Lipinski definition) is 1. The molecule has 3 amide bonds. The molecule has 0 aromatic heterocycles. The van der Waals surface area contributed by atoms with Gasteiger partial charge < -0.3 is 10.1 Å². The van der Waals surface area contributed by atoms with Crippen molar-refractivity contribution in [3.05, 3.63) is 97.8 Å². The Hall–Kier alpha value is -2.88. The first-order valence-electron chi connectivity index (χ1n) is 10.2. The highest BCUT2D eigenvalue weighted by Gasteiger charge is 2.36. The van der Waals surface area contributed by atoms with Crippen LogP contribution in [0.2, 0.25) is 0 Å². The average Bonchev–Trinajstić information content (AvgIpc) is 3.08. The van der Waals surface area contributed by atoms with Crippen LogP contribution in [0, 0.1) is 0 Å². The van der Waals surface area contributed by atoms with E-state index in [1.807, 2.05) is 48.5 Å². The molecular formula is C25H18Br2N2O4S. The lowest BCUT2D eigenvalue weighted by Crippen LogP contribution is -2.36. The fraction of sp³-hybridized carbons (Fsp3) is 0.0800. The standard InChI is InChI=1S/C25H18Br2N2O4S/c26-18-10-11-21(33-15-16-6-2-1-3-7-16)17(12-18)13-22-24(31)29(25(32)34-22)14-23(30)28-20-9-5-4-8-19(20)27/h1-13H,14-15H2,(H,28,30)/b22-13-. The molecule has 0 bridgehead atoms. The van der Waals surface area contributed by atoms with Crippen molar-refractivity contribution < 1.29 is 19.1 Å². The molecule has 34 heavy (non-hydrogen) atoms. The van der Waals surface area contributed by atoms with Gasteiger partial charge in [0.1, 0.15) is 18.9 Å². The number of nitrogens with one attached hydrogen (secondary N) is 1. The number of para-hydroxylation sites is 1. The molecule has 1 aliphatic heterocycles. The van der Waals surface area contributed by atoms with E-state index in [0.717, 1.165) is 26.7 Å². The molecule has 4 rings (SSSR count). The van der Waals surface area contributed by atoms with Crippen molar-refractivity contribution in [2.75, 3.05) is 11.9 Å². The molecule has 0 atom stereocenters. The SMILES string of the molecule is O=C(CN1C(=O)S/C(=C\c2cc(Br)ccc2OCc2ccccc2)C1=O)Nc1ccccc1Br. The number of carbonyl (C=O) groups excluding carboxylic acids is 3. The van der Waals surface area contributed by atoms with E-state index in [1.165, 1.54) is 0 Å². The number of halogens is 2. The largest absolute Gasteiger partial charge is 0.488 e. The van der Waals surface area contributed by atoms with Crippen LogP contribution in [0.3, 0.4) is 0 Å². The summed E-state index contributed by atoms with van der Waals surface area (Å²) in [6.07, 6.45) is 1.61. The lowest BCUT2D eigenvalue weighted by Gasteiger charge is -2.13. The van der Waals surface area contributed by atoms with E-state index < -0.39 is 17.1 Å². The smallest absolute Gasteiger partial charge is 0.294 e. The number of carbonyl (C=O) groups is 3. The molecule has 0 spiro atoms. The number of rotatable bonds is 7. The molecule has 172 valence electrons. The lowest BCUT2D eigenvalue weighted by molar-refractivity contribution is -0.127. The van der Waals surface area contributed by atoms with E-state index >= 15 is 0 Å². The van der Waals surface area contributed by atoms with Gasteiger partial charge in [0.05, 0.1) is 10.6 Å². The zero-order valence-corrected chi connectivity index (χ0v) is 21.7. The third kappa shape index (κ3) is 5.97. The van der Waals surface area contributed by atoms with E-state index in [-0.39, 0.29) is 11.4 Å². The van der Waals surface area contributed by atoms with Gasteiger partial charge in [-0.15, -0.1) is 0 Å². The lowest BCUT2D eigenvalue weighted by atomic mass is 10.1. The van der Waals surface area contributed by atoms with Gasteiger partial charge in [-0.1, -0.05) is 58.4 Å². The van der Waals surface area contributed by atoms with Crippen LogP contribution in [0.15, 0.2) is 86.6 Å². The van der Waals surface area contributed by atoms with Crippen molar-refractivity contribution in [1.82, 2.24) is 4.90 Å². The normalized spacial score (nSPS) is 14.5. The molecule has 3 aromatic carbocycles. The van der Waals surface area contributed by atoms with Crippen LogP contribution in [0.5, 0.6) is 5.75 Å². The van der Waals surface area contributed by atoms with E-state index in [9.17, 15) is 14.4 Å². The van der Waals surface area contributed by atoms with Gasteiger partial charge in [-0.2, -0.15) is 0 Å². The third-order valence-corrected chi connectivity index (χ3v) is 6.91. The van der Waals surface area contributed by atoms with Crippen LogP contribution in [-0.2, 0) is 16.2 Å².